The van der Waals surface area contributed by atoms with E-state index in [1.165, 1.54) is 56.7 Å². The van der Waals surface area contributed by atoms with Crippen LogP contribution in [0, 0.1) is 122 Å². The maximum atomic E-state index is 13.6. The normalized spacial score (nSPS) is 12.2. The van der Waals surface area contributed by atoms with E-state index >= 15 is 0 Å². The van der Waals surface area contributed by atoms with Gasteiger partial charge in [-0.05, 0) is 28.2 Å². The number of hydrogen-bond acceptors (Lipinski definition) is 30. The first-order chi connectivity index (χ1) is 50.7. The van der Waals surface area contributed by atoms with Crippen LogP contribution >= 0.6 is 0 Å². The van der Waals surface area contributed by atoms with Crippen LogP contribution in [0.2, 0.25) is 0 Å². The average molecular weight is 2170 g/mol. The number of hydrogen-bond donors (Lipinski definition) is 0. The molecule has 548 valence electrons. The Morgan fingerprint density at radius 3 is 1.07 bits per heavy atom. The quantitative estimate of drug-likeness (QED) is 0.0785. The Bertz CT molecular complexity index is 4370. The molecule has 0 radical (unpaired) electrons. The van der Waals surface area contributed by atoms with Crippen LogP contribution in [-0.2, 0) is 80.4 Å². The molecule has 30 nitrogen and oxygen atoms in total. The van der Waals surface area contributed by atoms with Crippen molar-refractivity contribution in [2.45, 2.75) is 0 Å². The van der Waals surface area contributed by atoms with Crippen LogP contribution in [0.3, 0.4) is 0 Å². The number of halogens is 6. The molecular formula is C68H48F6Ir4N30. The number of pyridine rings is 5. The number of anilines is 4. The molecule has 0 atom stereocenters. The minimum Gasteiger partial charge on any atom is -0.493 e. The van der Waals surface area contributed by atoms with Crippen LogP contribution in [0.1, 0.15) is 5.56 Å². The smallest absolute Gasteiger partial charge is 0.493 e. The second-order valence-corrected chi connectivity index (χ2v) is 19.8. The summed E-state index contributed by atoms with van der Waals surface area (Å²) in [6.45, 7) is 7.42. The van der Waals surface area contributed by atoms with Gasteiger partial charge in [0.15, 0.2) is 0 Å². The molecule has 0 N–H and O–H groups in total. The summed E-state index contributed by atoms with van der Waals surface area (Å²) < 4.78 is 77.8. The van der Waals surface area contributed by atoms with Crippen molar-refractivity contribution in [2.24, 2.45) is 20.4 Å². The molecule has 4 aliphatic rings. The van der Waals surface area contributed by atoms with E-state index in [0.29, 0.717) is 5.82 Å². The molecule has 16 rings (SSSR count). The van der Waals surface area contributed by atoms with Gasteiger partial charge in [-0.1, -0.05) is 101 Å². The van der Waals surface area contributed by atoms with Crippen molar-refractivity contribution in [2.75, 3.05) is 48.2 Å². The molecule has 4 aliphatic heterocycles. The molecular weight excluding hydrogens is 2120 g/mol. The van der Waals surface area contributed by atoms with E-state index in [1.54, 1.807) is 119 Å². The van der Waals surface area contributed by atoms with Crippen molar-refractivity contribution in [3.63, 3.8) is 0 Å². The predicted octanol–water partition coefficient (Wildman–Crippen LogP) is 8.23. The third-order valence-electron chi connectivity index (χ3n) is 12.3. The van der Waals surface area contributed by atoms with Crippen molar-refractivity contribution in [3.05, 3.63) is 289 Å². The number of benzene rings is 3. The number of nitriles is 1. The van der Waals surface area contributed by atoms with Crippen molar-refractivity contribution in [1.82, 2.24) is 104 Å². The molecule has 0 spiro atoms. The zero-order valence-corrected chi connectivity index (χ0v) is 65.4. The molecule has 13 heterocycles. The topological polar surface area (TPSA) is 318 Å². The molecule has 0 fully saturated rings. The first-order valence-electron chi connectivity index (χ1n) is 29.4. The minimum absolute atomic E-state index is 0. The maximum absolute atomic E-state index is 13.6. The molecule has 108 heavy (non-hydrogen) atoms. The molecule has 12 aromatic rings. The van der Waals surface area contributed by atoms with Gasteiger partial charge < -0.3 is 59.6 Å². The van der Waals surface area contributed by atoms with Gasteiger partial charge in [0.25, 0.3) is 0 Å². The molecule has 40 heteroatoms. The van der Waals surface area contributed by atoms with Gasteiger partial charge in [0, 0.05) is 17.2 Å². The van der Waals surface area contributed by atoms with E-state index in [-0.39, 0.29) is 115 Å². The fourth-order valence-corrected chi connectivity index (χ4v) is 7.67. The largest absolute Gasteiger partial charge is 3.00 e. The second-order valence-electron chi connectivity index (χ2n) is 19.8. The van der Waals surface area contributed by atoms with Crippen LogP contribution in [0.15, 0.2) is 193 Å². The summed E-state index contributed by atoms with van der Waals surface area (Å²) in [5, 5.41) is 31.8. The molecule has 9 aromatic heterocycles. The van der Waals surface area contributed by atoms with Crippen molar-refractivity contribution >= 4 is 48.1 Å². The van der Waals surface area contributed by atoms with E-state index in [4.69, 9.17) is 5.26 Å². The second kappa shape index (κ2) is 46.2. The summed E-state index contributed by atoms with van der Waals surface area (Å²) in [6, 6.07) is 41.9. The number of hydrazone groups is 4. The van der Waals surface area contributed by atoms with E-state index in [9.17, 15) is 26.3 Å². The Balaban J connectivity index is 0.000000220. The monoisotopic (exact) mass is 2170 g/mol. The van der Waals surface area contributed by atoms with Crippen LogP contribution in [0.5, 0.6) is 0 Å². The summed E-state index contributed by atoms with van der Waals surface area (Å²) in [5.41, 5.74) is 3.41. The number of rotatable bonds is 8. The zero-order chi connectivity index (χ0) is 73.3. The van der Waals surface area contributed by atoms with Crippen molar-refractivity contribution < 1.29 is 107 Å². The van der Waals surface area contributed by atoms with Crippen LogP contribution in [0.4, 0.5) is 49.1 Å². The fourth-order valence-electron chi connectivity index (χ4n) is 7.67. The third kappa shape index (κ3) is 27.3. The van der Waals surface area contributed by atoms with E-state index in [2.05, 4.69) is 154 Å². The van der Waals surface area contributed by atoms with E-state index in [0.717, 1.165) is 52.6 Å². The first kappa shape index (κ1) is 86.8. The van der Waals surface area contributed by atoms with Gasteiger partial charge in [-0.2, -0.15) is 74.2 Å². The summed E-state index contributed by atoms with van der Waals surface area (Å²) in [6.07, 6.45) is 30.7. The predicted molar refractivity (Wildman–Crippen MR) is 363 cm³/mol. The summed E-state index contributed by atoms with van der Waals surface area (Å²) in [5.74, 6) is -4.45. The third-order valence-corrected chi connectivity index (χ3v) is 12.3. The molecule has 3 aromatic carbocycles. The Hall–Kier alpha value is -11.8. The van der Waals surface area contributed by atoms with Gasteiger partial charge in [-0.25, -0.2) is 28.7 Å². The van der Waals surface area contributed by atoms with Gasteiger partial charge in [-0.3, -0.25) is 62.4 Å². The Morgan fingerprint density at radius 1 is 0.389 bits per heavy atom. The fraction of sp³-hybridized carbons (Fsp3) is 0.0588. The first-order valence-corrected chi connectivity index (χ1v) is 29.4. The van der Waals surface area contributed by atoms with Crippen LogP contribution in [0.25, 0.3) is 45.6 Å². The Labute approximate surface area is 668 Å². The molecule has 0 unspecified atom stereocenters. The van der Waals surface area contributed by atoms with Gasteiger partial charge in [0.1, 0.15) is 62.5 Å². The van der Waals surface area contributed by atoms with Gasteiger partial charge in [0.2, 0.25) is 0 Å². The minimum atomic E-state index is -1.02. The maximum Gasteiger partial charge on any atom is 3.00 e. The molecule has 0 amide bonds. The van der Waals surface area contributed by atoms with Gasteiger partial charge >= 0.3 is 80.4 Å². The van der Waals surface area contributed by atoms with Crippen molar-refractivity contribution in [1.29, 1.82) is 5.26 Å². The molecule has 0 saturated carbocycles. The standard InChI is InChI=1S/C10H3F2N4.C9H4F2N3.C9H6N3.C8H3F2N4.4C8H8N4.4Ir/c11-8-2-1-6(9(12)7(8)3-13)10-15-4-14-5-16-10;10-6-1-2-7(8(11)3-6)9-13-4-12-5-14-9;1-2-4-8(5-3-1)9-11-6-10-7-12-9;9-6-2-1-5(7(10)14-6)8-12-3-11-4-13-8;4*1-11-6-10-12(7-11)8-3-2-4-9-5-8;;;;/h2,4-5H;1,3-5H;1-4,6-7H;2-4H;4*2,4-7H,1H3;;;;/q4*-1;4*-2;4*+3. The molecule has 0 bridgehead atoms. The average Bonchev–Trinajstić information content (AvgIpc) is 1.13. The number of nitrogens with zero attached hydrogens (tertiary/aromatic N) is 30. The molecule has 0 aliphatic carbocycles. The van der Waals surface area contributed by atoms with Crippen molar-refractivity contribution in [3.8, 4) is 51.6 Å². The van der Waals surface area contributed by atoms with Gasteiger partial charge in [-0.15, -0.1) is 92.9 Å². The van der Waals surface area contributed by atoms with Gasteiger partial charge in [0.05, 0.1) is 66.4 Å². The number of aromatic nitrogens is 17. The molecule has 0 saturated heterocycles. The Morgan fingerprint density at radius 2 is 0.750 bits per heavy atom. The van der Waals surface area contributed by atoms with E-state index < -0.39 is 40.7 Å². The van der Waals surface area contributed by atoms with Crippen LogP contribution < -0.4 is 20.0 Å². The van der Waals surface area contributed by atoms with Crippen LogP contribution in [-0.4, -0.2) is 158 Å². The Kier molecular flexibility index (Phi) is 37.2. The summed E-state index contributed by atoms with van der Waals surface area (Å²) in [4.78, 5) is 70.9. The SMILES string of the molecule is CN1C=NN(c2[c-]ccnc2)[CH-]1.CN1C=NN(c2[c-]ccnc2)[CH-]1.CN1C=NN(c2[c-]ccnc2)[CH-]1.CN1C=NN(c2[c-]ccnc2)[CH-]1.Fc1c[c-]c(-c2ncncn2)c(F)c1.Fc1c[c-]c(-c2ncncn2)c(F)n1.N#Cc1c(F)c[c-]c(-c2ncncn2)c1F.[Ir+3].[Ir+3].[Ir+3].[Ir+3].[c-]1ccccc1-c1ncncn1. The summed E-state index contributed by atoms with van der Waals surface area (Å²) in [7, 11) is 7.67. The van der Waals surface area contributed by atoms with E-state index in [1.807, 2.05) is 98.7 Å². The summed E-state index contributed by atoms with van der Waals surface area (Å²) >= 11 is 0. The zero-order valence-electron chi connectivity index (χ0n) is 55.8.